The Labute approximate surface area is 226 Å². The van der Waals surface area contributed by atoms with Gasteiger partial charge in [0, 0.05) is 0 Å². The lowest BCUT2D eigenvalue weighted by atomic mass is 9.91. The van der Waals surface area contributed by atoms with Crippen molar-refractivity contribution < 1.29 is 28.3 Å². The van der Waals surface area contributed by atoms with Crippen molar-refractivity contribution in [2.24, 2.45) is 0 Å². The van der Waals surface area contributed by atoms with E-state index < -0.39 is 44.4 Å². The van der Waals surface area contributed by atoms with Crippen molar-refractivity contribution >= 4 is 32.4 Å². The first-order valence-corrected chi connectivity index (χ1v) is 15.6. The van der Waals surface area contributed by atoms with Crippen molar-refractivity contribution in [3.8, 4) is 0 Å². The lowest BCUT2D eigenvalue weighted by molar-refractivity contribution is -0.166. The minimum atomic E-state index is -2.22. The number of rotatable bonds is 10. The first-order chi connectivity index (χ1) is 17.9. The quantitative estimate of drug-likeness (QED) is 0.266. The van der Waals surface area contributed by atoms with E-state index in [0.717, 1.165) is 11.1 Å². The van der Waals surface area contributed by atoms with Crippen molar-refractivity contribution in [3.63, 3.8) is 0 Å². The molecule has 3 rings (SSSR count). The van der Waals surface area contributed by atoms with E-state index in [0.29, 0.717) is 0 Å². The number of ether oxygens (including phenoxy) is 2. The second-order valence-corrected chi connectivity index (χ2v) is 15.6. The number of esters is 1. The normalized spacial score (nSPS) is 18.6. The van der Waals surface area contributed by atoms with Crippen LogP contribution in [0.25, 0.3) is 6.08 Å². The van der Waals surface area contributed by atoms with Gasteiger partial charge < -0.3 is 24.1 Å². The predicted octanol–water partition coefficient (Wildman–Crippen LogP) is 4.77. The van der Waals surface area contributed by atoms with Crippen LogP contribution in [0.4, 0.5) is 4.79 Å². The SMILES string of the molecule is COC(=O)[C@H](CO[Si](C)(C)C(C)(C)C)N1C(=O)[C@H](NC(=O)OCc2ccccc2)[C@@H]1C=Cc1ccccc1. The second-order valence-electron chi connectivity index (χ2n) is 10.8. The lowest BCUT2D eigenvalue weighted by Gasteiger charge is -2.49. The van der Waals surface area contributed by atoms with Gasteiger partial charge in [0.15, 0.2) is 14.4 Å². The minimum absolute atomic E-state index is 0.00968. The Morgan fingerprint density at radius 3 is 2.24 bits per heavy atom. The van der Waals surface area contributed by atoms with Crippen LogP contribution in [0.2, 0.25) is 18.1 Å². The minimum Gasteiger partial charge on any atom is -0.467 e. The lowest BCUT2D eigenvalue weighted by Crippen LogP contribution is -2.74. The summed E-state index contributed by atoms with van der Waals surface area (Å²) < 4.78 is 16.7. The Bertz CT molecular complexity index is 1130. The fourth-order valence-corrected chi connectivity index (χ4v) is 4.82. The van der Waals surface area contributed by atoms with Crippen LogP contribution in [-0.4, -0.2) is 63.0 Å². The molecule has 2 amide bonds. The highest BCUT2D eigenvalue weighted by atomic mass is 28.4. The second kappa shape index (κ2) is 12.4. The highest BCUT2D eigenvalue weighted by Crippen LogP contribution is 2.37. The van der Waals surface area contributed by atoms with E-state index >= 15 is 0 Å². The molecule has 38 heavy (non-hydrogen) atoms. The fraction of sp³-hybridized carbons (Fsp3) is 0.414. The third-order valence-corrected chi connectivity index (χ3v) is 11.7. The molecule has 0 unspecified atom stereocenters. The van der Waals surface area contributed by atoms with Crippen LogP contribution in [0, 0.1) is 0 Å². The van der Waals surface area contributed by atoms with E-state index in [9.17, 15) is 14.4 Å². The fourth-order valence-electron chi connectivity index (χ4n) is 3.81. The molecule has 1 saturated heterocycles. The summed E-state index contributed by atoms with van der Waals surface area (Å²) in [6.07, 6.45) is 2.95. The number of carbonyl (C=O) groups is 3. The molecule has 0 aromatic heterocycles. The first-order valence-electron chi connectivity index (χ1n) is 12.7. The number of likely N-dealkylation sites (tertiary alicyclic amines) is 1. The maximum absolute atomic E-state index is 13.3. The largest absolute Gasteiger partial charge is 0.467 e. The van der Waals surface area contributed by atoms with Crippen molar-refractivity contribution in [3.05, 3.63) is 77.9 Å². The van der Waals surface area contributed by atoms with Crippen LogP contribution in [-0.2, 0) is 30.1 Å². The highest BCUT2D eigenvalue weighted by Gasteiger charge is 2.53. The summed E-state index contributed by atoms with van der Waals surface area (Å²) in [5.41, 5.74) is 1.75. The van der Waals surface area contributed by atoms with Gasteiger partial charge in [-0.05, 0) is 29.3 Å². The van der Waals surface area contributed by atoms with Gasteiger partial charge in [-0.1, -0.05) is 93.6 Å². The van der Waals surface area contributed by atoms with Gasteiger partial charge in [0.25, 0.3) is 0 Å². The standard InChI is InChI=1S/C29H38N2O6Si/c1-29(2,3)38(5,6)37-20-24(27(33)35-4)31-23(18-17-21-13-9-7-10-14-21)25(26(31)32)30-28(34)36-19-22-15-11-8-12-16-22/h7-18,23-25H,19-20H2,1-6H3,(H,30,34)/t23-,24-,25+/m0/s1. The molecule has 8 nitrogen and oxygen atoms in total. The molecule has 2 aromatic carbocycles. The first kappa shape index (κ1) is 29.1. The Kier molecular flexibility index (Phi) is 9.51. The molecule has 1 aliphatic heterocycles. The molecule has 0 radical (unpaired) electrons. The molecule has 9 heteroatoms. The van der Waals surface area contributed by atoms with Gasteiger partial charge >= 0.3 is 12.1 Å². The average Bonchev–Trinajstić information content (AvgIpc) is 2.90. The number of carbonyl (C=O) groups excluding carboxylic acids is 3. The third kappa shape index (κ3) is 7.11. The maximum Gasteiger partial charge on any atom is 0.408 e. The molecule has 1 N–H and O–H groups in total. The smallest absolute Gasteiger partial charge is 0.408 e. The predicted molar refractivity (Wildman–Crippen MR) is 149 cm³/mol. The average molecular weight is 539 g/mol. The van der Waals surface area contributed by atoms with Crippen LogP contribution in [0.1, 0.15) is 31.9 Å². The summed E-state index contributed by atoms with van der Waals surface area (Å²) in [5, 5.41) is 2.60. The van der Waals surface area contributed by atoms with Gasteiger partial charge in [-0.3, -0.25) is 4.79 Å². The van der Waals surface area contributed by atoms with Crippen molar-refractivity contribution in [2.75, 3.05) is 13.7 Å². The van der Waals surface area contributed by atoms with E-state index in [1.807, 2.05) is 66.7 Å². The molecule has 0 spiro atoms. The molecule has 0 bridgehead atoms. The molecular formula is C29H38N2O6Si. The van der Waals surface area contributed by atoms with Crippen LogP contribution in [0.15, 0.2) is 66.7 Å². The molecule has 0 saturated carbocycles. The molecular weight excluding hydrogens is 500 g/mol. The number of alkyl carbamates (subject to hydrolysis) is 1. The van der Waals surface area contributed by atoms with Gasteiger partial charge in [0.1, 0.15) is 12.6 Å². The number of benzene rings is 2. The van der Waals surface area contributed by atoms with Gasteiger partial charge in [0.05, 0.1) is 19.8 Å². The molecule has 204 valence electrons. The summed E-state index contributed by atoms with van der Waals surface area (Å²) in [6.45, 7) is 10.6. The van der Waals surface area contributed by atoms with Crippen molar-refractivity contribution in [1.29, 1.82) is 0 Å². The Balaban J connectivity index is 1.80. The van der Waals surface area contributed by atoms with Crippen molar-refractivity contribution in [1.82, 2.24) is 10.2 Å². The molecule has 1 fully saturated rings. The van der Waals surface area contributed by atoms with E-state index in [1.165, 1.54) is 12.0 Å². The zero-order chi connectivity index (χ0) is 27.9. The van der Waals surface area contributed by atoms with Crippen LogP contribution in [0.3, 0.4) is 0 Å². The maximum atomic E-state index is 13.3. The van der Waals surface area contributed by atoms with E-state index in [4.69, 9.17) is 13.9 Å². The number of methoxy groups -OCH3 is 1. The van der Waals surface area contributed by atoms with Gasteiger partial charge in [-0.2, -0.15) is 0 Å². The van der Waals surface area contributed by atoms with Crippen LogP contribution < -0.4 is 5.32 Å². The topological polar surface area (TPSA) is 94.2 Å². The number of hydrogen-bond acceptors (Lipinski definition) is 6. The Hall–Kier alpha value is -3.43. The van der Waals surface area contributed by atoms with E-state index in [-0.39, 0.29) is 18.3 Å². The Morgan fingerprint density at radius 1 is 1.05 bits per heavy atom. The molecule has 2 aromatic rings. The number of hydrogen-bond donors (Lipinski definition) is 1. The number of amides is 2. The molecule has 0 aliphatic carbocycles. The van der Waals surface area contributed by atoms with E-state index in [1.54, 1.807) is 6.08 Å². The van der Waals surface area contributed by atoms with E-state index in [2.05, 4.69) is 39.2 Å². The monoisotopic (exact) mass is 538 g/mol. The summed E-state index contributed by atoms with van der Waals surface area (Å²) in [5.74, 6) is -0.973. The number of nitrogens with one attached hydrogen (secondary N) is 1. The van der Waals surface area contributed by atoms with Gasteiger partial charge in [-0.25, -0.2) is 9.59 Å². The molecule has 3 atom stereocenters. The summed E-state index contributed by atoms with van der Waals surface area (Å²) in [7, 11) is -0.927. The summed E-state index contributed by atoms with van der Waals surface area (Å²) >= 11 is 0. The van der Waals surface area contributed by atoms with Crippen LogP contribution in [0.5, 0.6) is 0 Å². The molecule has 1 aliphatic rings. The van der Waals surface area contributed by atoms with Crippen LogP contribution >= 0.6 is 0 Å². The Morgan fingerprint density at radius 2 is 1.66 bits per heavy atom. The van der Waals surface area contributed by atoms with Gasteiger partial charge in [-0.15, -0.1) is 0 Å². The zero-order valence-corrected chi connectivity index (χ0v) is 24.0. The summed E-state index contributed by atoms with van der Waals surface area (Å²) in [6, 6.07) is 16.4. The number of β-lactam (4-membered cyclic amide) rings is 1. The van der Waals surface area contributed by atoms with Gasteiger partial charge in [0.2, 0.25) is 5.91 Å². The summed E-state index contributed by atoms with van der Waals surface area (Å²) in [4.78, 5) is 40.2. The third-order valence-electron chi connectivity index (χ3n) is 7.17. The van der Waals surface area contributed by atoms with Crippen molar-refractivity contribution in [2.45, 2.75) is 63.6 Å². The highest BCUT2D eigenvalue weighted by molar-refractivity contribution is 6.74. The zero-order valence-electron chi connectivity index (χ0n) is 23.0. The molecule has 1 heterocycles. The number of nitrogens with zero attached hydrogens (tertiary/aromatic N) is 1.